The van der Waals surface area contributed by atoms with Gasteiger partial charge in [0.25, 0.3) is 0 Å². The van der Waals surface area contributed by atoms with Crippen LogP contribution < -0.4 is 0 Å². The number of aliphatic hydroxyl groups excluding tert-OH is 1. The van der Waals surface area contributed by atoms with Crippen molar-refractivity contribution >= 4 is 16.6 Å². The number of aliphatic imine (C=N–C) groups is 1. The Labute approximate surface area is 127 Å². The van der Waals surface area contributed by atoms with Crippen molar-refractivity contribution in [3.05, 3.63) is 36.0 Å². The van der Waals surface area contributed by atoms with E-state index in [1.807, 2.05) is 6.07 Å². The van der Waals surface area contributed by atoms with Crippen LogP contribution in [0.2, 0.25) is 0 Å². The lowest BCUT2D eigenvalue weighted by molar-refractivity contribution is 0.209. The van der Waals surface area contributed by atoms with Gasteiger partial charge in [0.2, 0.25) is 0 Å². The summed E-state index contributed by atoms with van der Waals surface area (Å²) in [6, 6.07) is 8.64. The lowest BCUT2D eigenvalue weighted by atomic mass is 9.99. The third kappa shape index (κ3) is 4.18. The van der Waals surface area contributed by atoms with E-state index in [0.29, 0.717) is 5.92 Å². The molecule has 0 aliphatic rings. The minimum atomic E-state index is 0.262. The molecule has 0 spiro atoms. The zero-order chi connectivity index (χ0) is 15.2. The fourth-order valence-electron chi connectivity index (χ4n) is 2.88. The maximum Gasteiger partial charge on any atom is 0.0474 e. The molecule has 0 radical (unpaired) electrons. The molecule has 2 unspecified atom stereocenters. The van der Waals surface area contributed by atoms with E-state index in [1.54, 1.807) is 0 Å². The molecule has 1 heterocycles. The Morgan fingerprint density at radius 3 is 2.81 bits per heavy atom. The van der Waals surface area contributed by atoms with E-state index in [4.69, 9.17) is 4.99 Å². The molecule has 0 saturated heterocycles. The van der Waals surface area contributed by atoms with Crippen LogP contribution in [0.5, 0.6) is 0 Å². The van der Waals surface area contributed by atoms with Gasteiger partial charge in [0, 0.05) is 41.9 Å². The van der Waals surface area contributed by atoms with Crippen molar-refractivity contribution in [3.63, 3.8) is 0 Å². The predicted molar refractivity (Wildman–Crippen MR) is 90.1 cm³/mol. The summed E-state index contributed by atoms with van der Waals surface area (Å²) in [4.78, 5) is 8.10. The van der Waals surface area contributed by atoms with Crippen LogP contribution in [0.3, 0.4) is 0 Å². The van der Waals surface area contributed by atoms with Gasteiger partial charge < -0.3 is 10.1 Å². The van der Waals surface area contributed by atoms with Crippen molar-refractivity contribution in [1.82, 2.24) is 4.98 Å². The topological polar surface area (TPSA) is 48.4 Å². The smallest absolute Gasteiger partial charge is 0.0474 e. The number of hydrogen-bond donors (Lipinski definition) is 2. The minimum Gasteiger partial charge on any atom is -0.396 e. The number of H-pyrrole nitrogens is 1. The molecule has 0 bridgehead atoms. The molecular weight excluding hydrogens is 260 g/mol. The largest absolute Gasteiger partial charge is 0.396 e. The van der Waals surface area contributed by atoms with Crippen LogP contribution in [0.1, 0.15) is 39.2 Å². The van der Waals surface area contributed by atoms with Crippen molar-refractivity contribution < 1.29 is 5.11 Å². The second kappa shape index (κ2) is 7.41. The summed E-state index contributed by atoms with van der Waals surface area (Å²) in [6.45, 7) is 6.61. The molecule has 0 saturated carbocycles. The Morgan fingerprint density at radius 1 is 1.33 bits per heavy atom. The normalized spacial score (nSPS) is 15.3. The molecular formula is C18H26N2O. The molecule has 2 rings (SSSR count). The summed E-state index contributed by atoms with van der Waals surface area (Å²) in [5.74, 6) is 0.365. The first-order chi connectivity index (χ1) is 10.1. The van der Waals surface area contributed by atoms with E-state index in [-0.39, 0.29) is 12.6 Å². The first kappa shape index (κ1) is 15.8. The third-order valence-electron chi connectivity index (χ3n) is 4.07. The number of nitrogens with one attached hydrogen (secondary N) is 1. The van der Waals surface area contributed by atoms with E-state index in [0.717, 1.165) is 25.0 Å². The third-order valence-corrected chi connectivity index (χ3v) is 4.07. The number of benzene rings is 1. The molecule has 2 N–H and O–H groups in total. The number of aromatic amines is 1. The van der Waals surface area contributed by atoms with E-state index in [2.05, 4.69) is 50.2 Å². The maximum absolute atomic E-state index is 9.28. The van der Waals surface area contributed by atoms with E-state index >= 15 is 0 Å². The standard InChI is InChI=1S/C18H26N2O/c1-4-15(12-21)9-13(2)20-14(3)10-16-11-19-18-8-6-5-7-17(16)18/h5-8,11,13,15,19,21H,4,9-10,12H2,1-3H3. The van der Waals surface area contributed by atoms with Gasteiger partial charge in [-0.1, -0.05) is 31.5 Å². The summed E-state index contributed by atoms with van der Waals surface area (Å²) in [6.07, 6.45) is 4.93. The van der Waals surface area contributed by atoms with Crippen LogP contribution in [-0.2, 0) is 6.42 Å². The summed E-state index contributed by atoms with van der Waals surface area (Å²) in [5.41, 5.74) is 3.63. The number of aliphatic hydroxyl groups is 1. The van der Waals surface area contributed by atoms with Gasteiger partial charge in [-0.3, -0.25) is 4.99 Å². The van der Waals surface area contributed by atoms with Gasteiger partial charge in [0.1, 0.15) is 0 Å². The van der Waals surface area contributed by atoms with Gasteiger partial charge in [-0.2, -0.15) is 0 Å². The highest BCUT2D eigenvalue weighted by Crippen LogP contribution is 2.19. The Hall–Kier alpha value is -1.61. The molecule has 2 atom stereocenters. The SMILES string of the molecule is CCC(CO)CC(C)N=C(C)Cc1c[nH]c2ccccc12. The van der Waals surface area contributed by atoms with E-state index in [1.165, 1.54) is 16.5 Å². The van der Waals surface area contributed by atoms with Gasteiger partial charge in [0.15, 0.2) is 0 Å². The van der Waals surface area contributed by atoms with Crippen LogP contribution in [0.4, 0.5) is 0 Å². The van der Waals surface area contributed by atoms with Gasteiger partial charge in [-0.05, 0) is 37.8 Å². The molecule has 0 amide bonds. The molecule has 3 nitrogen and oxygen atoms in total. The molecule has 0 fully saturated rings. The number of fused-ring (bicyclic) bond motifs is 1. The second-order valence-corrected chi connectivity index (χ2v) is 5.94. The average molecular weight is 286 g/mol. The molecule has 3 heteroatoms. The zero-order valence-electron chi connectivity index (χ0n) is 13.3. The Kier molecular flexibility index (Phi) is 5.57. The Morgan fingerprint density at radius 2 is 2.10 bits per heavy atom. The second-order valence-electron chi connectivity index (χ2n) is 5.94. The summed E-state index contributed by atoms with van der Waals surface area (Å²) >= 11 is 0. The Bertz CT molecular complexity index is 596. The number of para-hydroxylation sites is 1. The summed E-state index contributed by atoms with van der Waals surface area (Å²) < 4.78 is 0. The molecule has 1 aromatic heterocycles. The first-order valence-electron chi connectivity index (χ1n) is 7.83. The zero-order valence-corrected chi connectivity index (χ0v) is 13.3. The van der Waals surface area contributed by atoms with Gasteiger partial charge in [-0.15, -0.1) is 0 Å². The van der Waals surface area contributed by atoms with Crippen molar-refractivity contribution in [2.24, 2.45) is 10.9 Å². The van der Waals surface area contributed by atoms with Crippen molar-refractivity contribution in [3.8, 4) is 0 Å². The highest BCUT2D eigenvalue weighted by molar-refractivity contribution is 5.91. The lowest BCUT2D eigenvalue weighted by Crippen LogP contribution is -2.13. The number of nitrogens with zero attached hydrogens (tertiary/aromatic N) is 1. The molecule has 114 valence electrons. The highest BCUT2D eigenvalue weighted by Gasteiger charge is 2.10. The summed E-state index contributed by atoms with van der Waals surface area (Å²) in [5, 5.41) is 10.6. The molecule has 1 aromatic carbocycles. The summed E-state index contributed by atoms with van der Waals surface area (Å²) in [7, 11) is 0. The van der Waals surface area contributed by atoms with Crippen molar-refractivity contribution in [1.29, 1.82) is 0 Å². The average Bonchev–Trinajstić information content (AvgIpc) is 2.88. The first-order valence-corrected chi connectivity index (χ1v) is 7.83. The fraction of sp³-hybridized carbons (Fsp3) is 0.500. The maximum atomic E-state index is 9.28. The van der Waals surface area contributed by atoms with Crippen molar-refractivity contribution in [2.45, 2.75) is 46.1 Å². The van der Waals surface area contributed by atoms with Crippen LogP contribution in [0, 0.1) is 5.92 Å². The van der Waals surface area contributed by atoms with Crippen LogP contribution in [0.15, 0.2) is 35.5 Å². The molecule has 0 aliphatic heterocycles. The van der Waals surface area contributed by atoms with Gasteiger partial charge in [0.05, 0.1) is 0 Å². The fourth-order valence-corrected chi connectivity index (χ4v) is 2.88. The number of hydrogen-bond acceptors (Lipinski definition) is 2. The van der Waals surface area contributed by atoms with Gasteiger partial charge >= 0.3 is 0 Å². The van der Waals surface area contributed by atoms with E-state index < -0.39 is 0 Å². The van der Waals surface area contributed by atoms with Crippen LogP contribution in [-0.4, -0.2) is 28.5 Å². The number of rotatable bonds is 7. The molecule has 21 heavy (non-hydrogen) atoms. The number of aromatic nitrogens is 1. The van der Waals surface area contributed by atoms with Crippen LogP contribution >= 0.6 is 0 Å². The monoisotopic (exact) mass is 286 g/mol. The lowest BCUT2D eigenvalue weighted by Gasteiger charge is -2.15. The predicted octanol–water partition coefficient (Wildman–Crippen LogP) is 3.97. The minimum absolute atomic E-state index is 0.262. The van der Waals surface area contributed by atoms with E-state index in [9.17, 15) is 5.11 Å². The molecule has 0 aliphatic carbocycles. The molecule has 2 aromatic rings. The Balaban J connectivity index is 2.03. The van der Waals surface area contributed by atoms with Gasteiger partial charge in [-0.25, -0.2) is 0 Å². The highest BCUT2D eigenvalue weighted by atomic mass is 16.3. The quantitative estimate of drug-likeness (QED) is 0.743. The van der Waals surface area contributed by atoms with Crippen LogP contribution in [0.25, 0.3) is 10.9 Å². The van der Waals surface area contributed by atoms with Crippen molar-refractivity contribution in [2.75, 3.05) is 6.61 Å².